The van der Waals surface area contributed by atoms with Crippen molar-refractivity contribution >= 4 is 6.08 Å². The molecule has 4 rings (SSSR count). The van der Waals surface area contributed by atoms with Gasteiger partial charge < -0.3 is 23.7 Å². The summed E-state index contributed by atoms with van der Waals surface area (Å²) in [7, 11) is 1.63. The highest BCUT2D eigenvalue weighted by Crippen LogP contribution is 2.37. The Morgan fingerprint density at radius 2 is 1.59 bits per heavy atom. The molecule has 2 saturated heterocycles. The Hall–Kier alpha value is -2.02. The van der Waals surface area contributed by atoms with Crippen LogP contribution in [0.2, 0.25) is 0 Å². The molecule has 0 aromatic heterocycles. The molecular formula is C24H28O5. The molecule has 5 heteroatoms. The molecule has 2 heterocycles. The molecule has 2 aromatic rings. The Bertz CT molecular complexity index is 807. The van der Waals surface area contributed by atoms with Crippen molar-refractivity contribution < 1.29 is 23.7 Å². The van der Waals surface area contributed by atoms with Gasteiger partial charge in [0, 0.05) is 7.11 Å². The highest BCUT2D eigenvalue weighted by atomic mass is 16.8. The normalized spacial score (nSPS) is 32.2. The number of fused-ring (bicyclic) bond motifs is 1. The van der Waals surface area contributed by atoms with Gasteiger partial charge in [-0.1, -0.05) is 66.7 Å². The van der Waals surface area contributed by atoms with Gasteiger partial charge in [0.15, 0.2) is 12.6 Å². The summed E-state index contributed by atoms with van der Waals surface area (Å²) in [5.74, 6) is 0. The van der Waals surface area contributed by atoms with Crippen LogP contribution in [0.1, 0.15) is 25.0 Å². The van der Waals surface area contributed by atoms with Crippen molar-refractivity contribution in [1.29, 1.82) is 0 Å². The number of rotatable bonds is 6. The number of benzene rings is 2. The fourth-order valence-corrected chi connectivity index (χ4v) is 3.87. The maximum absolute atomic E-state index is 6.33. The molecule has 0 spiro atoms. The first-order valence-electron chi connectivity index (χ1n) is 10.0. The van der Waals surface area contributed by atoms with Crippen LogP contribution in [0.15, 0.2) is 66.2 Å². The summed E-state index contributed by atoms with van der Waals surface area (Å²) >= 11 is 0. The van der Waals surface area contributed by atoms with Crippen molar-refractivity contribution in [2.45, 2.75) is 57.5 Å². The Kier molecular flexibility index (Phi) is 6.43. The average Bonchev–Trinajstić information content (AvgIpc) is 3.19. The second-order valence-corrected chi connectivity index (χ2v) is 7.54. The largest absolute Gasteiger partial charge is 0.368 e. The molecule has 154 valence electrons. The lowest BCUT2D eigenvalue weighted by molar-refractivity contribution is -0.270. The molecular weight excluding hydrogens is 368 g/mol. The molecule has 0 aliphatic carbocycles. The van der Waals surface area contributed by atoms with Crippen LogP contribution in [-0.4, -0.2) is 44.1 Å². The zero-order valence-electron chi connectivity index (χ0n) is 17.1. The van der Waals surface area contributed by atoms with Crippen molar-refractivity contribution in [2.75, 3.05) is 7.11 Å². The third-order valence-electron chi connectivity index (χ3n) is 5.37. The minimum Gasteiger partial charge on any atom is -0.368 e. The lowest BCUT2D eigenvalue weighted by Gasteiger charge is -2.40. The molecule has 0 unspecified atom stereocenters. The number of hydrogen-bond acceptors (Lipinski definition) is 5. The fourth-order valence-electron chi connectivity index (χ4n) is 3.87. The molecule has 2 aromatic carbocycles. The number of methoxy groups -OCH3 is 1. The van der Waals surface area contributed by atoms with Crippen molar-refractivity contribution in [2.24, 2.45) is 0 Å². The maximum atomic E-state index is 6.33. The van der Waals surface area contributed by atoms with Gasteiger partial charge in [0.1, 0.15) is 18.3 Å². The van der Waals surface area contributed by atoms with E-state index in [-0.39, 0.29) is 24.4 Å². The molecule has 2 aliphatic heterocycles. The van der Waals surface area contributed by atoms with Crippen LogP contribution < -0.4 is 0 Å². The summed E-state index contributed by atoms with van der Waals surface area (Å²) in [4.78, 5) is 0. The quantitative estimate of drug-likeness (QED) is 0.733. The van der Waals surface area contributed by atoms with Crippen molar-refractivity contribution in [1.82, 2.24) is 0 Å². The zero-order valence-corrected chi connectivity index (χ0v) is 17.1. The molecule has 0 N–H and O–H groups in total. The second kappa shape index (κ2) is 9.20. The summed E-state index contributed by atoms with van der Waals surface area (Å²) < 4.78 is 30.3. The topological polar surface area (TPSA) is 46.2 Å². The minimum atomic E-state index is -0.485. The SMILES string of the molecule is CO[C@@H]1O[C@@H](C)[C@H](OCc2ccccc2)[C@H]2O[C@H](/C(C)=C/c3ccccc3)O[C@@H]12. The van der Waals surface area contributed by atoms with Crippen LogP contribution in [0.3, 0.4) is 0 Å². The van der Waals surface area contributed by atoms with Gasteiger partial charge in [-0.25, -0.2) is 0 Å². The van der Waals surface area contributed by atoms with Gasteiger partial charge in [0.25, 0.3) is 0 Å². The molecule has 0 bridgehead atoms. The van der Waals surface area contributed by atoms with Crippen LogP contribution in [0.25, 0.3) is 6.08 Å². The van der Waals surface area contributed by atoms with E-state index >= 15 is 0 Å². The third-order valence-corrected chi connectivity index (χ3v) is 5.37. The molecule has 2 fully saturated rings. The summed E-state index contributed by atoms with van der Waals surface area (Å²) in [5.41, 5.74) is 3.22. The summed E-state index contributed by atoms with van der Waals surface area (Å²) in [6.45, 7) is 4.50. The van der Waals surface area contributed by atoms with E-state index in [0.717, 1.165) is 16.7 Å². The predicted octanol–water partition coefficient (Wildman–Crippen LogP) is 4.18. The summed E-state index contributed by atoms with van der Waals surface area (Å²) in [6, 6.07) is 20.2. The van der Waals surface area contributed by atoms with E-state index in [1.807, 2.05) is 62.4 Å². The van der Waals surface area contributed by atoms with Gasteiger partial charge in [-0.3, -0.25) is 0 Å². The first-order valence-corrected chi connectivity index (χ1v) is 10.0. The number of hydrogen-bond donors (Lipinski definition) is 0. The second-order valence-electron chi connectivity index (χ2n) is 7.54. The van der Waals surface area contributed by atoms with Gasteiger partial charge in [-0.05, 0) is 30.5 Å². The Morgan fingerprint density at radius 3 is 2.28 bits per heavy atom. The molecule has 0 saturated carbocycles. The van der Waals surface area contributed by atoms with E-state index in [0.29, 0.717) is 6.61 Å². The van der Waals surface area contributed by atoms with Crippen molar-refractivity contribution in [3.05, 3.63) is 77.4 Å². The maximum Gasteiger partial charge on any atom is 0.186 e. The van der Waals surface area contributed by atoms with E-state index < -0.39 is 12.6 Å². The van der Waals surface area contributed by atoms with Gasteiger partial charge >= 0.3 is 0 Å². The molecule has 2 aliphatic rings. The van der Waals surface area contributed by atoms with Crippen LogP contribution in [0, 0.1) is 0 Å². The average molecular weight is 396 g/mol. The van der Waals surface area contributed by atoms with E-state index in [4.69, 9.17) is 23.7 Å². The lowest BCUT2D eigenvalue weighted by atomic mass is 9.99. The van der Waals surface area contributed by atoms with Crippen molar-refractivity contribution in [3.63, 3.8) is 0 Å². The van der Waals surface area contributed by atoms with Crippen molar-refractivity contribution in [3.8, 4) is 0 Å². The summed E-state index contributed by atoms with van der Waals surface area (Å²) in [6.07, 6.45) is 0.0959. The van der Waals surface area contributed by atoms with Crippen LogP contribution >= 0.6 is 0 Å². The highest BCUT2D eigenvalue weighted by molar-refractivity contribution is 5.52. The lowest BCUT2D eigenvalue weighted by Crippen LogP contribution is -2.56. The molecule has 0 radical (unpaired) electrons. The highest BCUT2D eigenvalue weighted by Gasteiger charge is 2.52. The van der Waals surface area contributed by atoms with Gasteiger partial charge in [-0.2, -0.15) is 0 Å². The van der Waals surface area contributed by atoms with Gasteiger partial charge in [0.05, 0.1) is 12.7 Å². The number of ether oxygens (including phenoxy) is 5. The zero-order chi connectivity index (χ0) is 20.2. The standard InChI is InChI=1S/C24H28O5/c1-16(14-18-10-6-4-7-11-18)23-28-21-20(26-15-19-12-8-5-9-13-19)17(2)27-24(25-3)22(21)29-23/h4-14,17,20-24H,15H2,1-3H3/b16-14+/t17-,20-,21+,22+,23-,24+/m0/s1. The van der Waals surface area contributed by atoms with E-state index in [2.05, 4.69) is 18.2 Å². The summed E-state index contributed by atoms with van der Waals surface area (Å²) in [5, 5.41) is 0. The Morgan fingerprint density at radius 1 is 0.931 bits per heavy atom. The predicted molar refractivity (Wildman–Crippen MR) is 110 cm³/mol. The monoisotopic (exact) mass is 396 g/mol. The van der Waals surface area contributed by atoms with Gasteiger partial charge in [-0.15, -0.1) is 0 Å². The van der Waals surface area contributed by atoms with Gasteiger partial charge in [0.2, 0.25) is 0 Å². The Balaban J connectivity index is 1.50. The van der Waals surface area contributed by atoms with E-state index in [1.165, 1.54) is 0 Å². The first-order chi connectivity index (χ1) is 14.2. The van der Waals surface area contributed by atoms with Crippen LogP contribution in [0.5, 0.6) is 0 Å². The van der Waals surface area contributed by atoms with Crippen LogP contribution in [-0.2, 0) is 30.3 Å². The molecule has 29 heavy (non-hydrogen) atoms. The molecule has 6 atom stereocenters. The molecule has 5 nitrogen and oxygen atoms in total. The fraction of sp³-hybridized carbons (Fsp3) is 0.417. The Labute approximate surface area is 172 Å². The van der Waals surface area contributed by atoms with E-state index in [1.54, 1.807) is 7.11 Å². The smallest absolute Gasteiger partial charge is 0.186 e. The first kappa shape index (κ1) is 20.3. The van der Waals surface area contributed by atoms with Crippen LogP contribution in [0.4, 0.5) is 0 Å². The van der Waals surface area contributed by atoms with E-state index in [9.17, 15) is 0 Å². The third kappa shape index (κ3) is 4.60. The minimum absolute atomic E-state index is 0.175. The molecule has 0 amide bonds.